The van der Waals surface area contributed by atoms with E-state index in [1.165, 1.54) is 10.6 Å². The van der Waals surface area contributed by atoms with E-state index in [0.29, 0.717) is 25.1 Å². The van der Waals surface area contributed by atoms with Crippen molar-refractivity contribution >= 4 is 27.5 Å². The first kappa shape index (κ1) is 29.4. The predicted octanol–water partition coefficient (Wildman–Crippen LogP) is 4.57. The Bertz CT molecular complexity index is 1130. The topological polar surface area (TPSA) is 86.8 Å². The first-order valence-electron chi connectivity index (χ1n) is 12.7. The van der Waals surface area contributed by atoms with Crippen LogP contribution in [0.25, 0.3) is 0 Å². The third kappa shape index (κ3) is 8.66. The molecule has 2 rings (SSSR count). The molecule has 0 saturated carbocycles. The van der Waals surface area contributed by atoms with E-state index in [0.717, 1.165) is 23.1 Å². The van der Waals surface area contributed by atoms with Crippen molar-refractivity contribution in [2.24, 2.45) is 0 Å². The normalized spacial score (nSPS) is 13.1. The monoisotopic (exact) mass is 515 g/mol. The van der Waals surface area contributed by atoms with Gasteiger partial charge in [-0.25, -0.2) is 8.42 Å². The molecule has 8 heteroatoms. The van der Waals surface area contributed by atoms with Crippen LogP contribution in [0.3, 0.4) is 0 Å². The van der Waals surface area contributed by atoms with E-state index < -0.39 is 16.1 Å². The fourth-order valence-electron chi connectivity index (χ4n) is 4.15. The largest absolute Gasteiger partial charge is 0.352 e. The van der Waals surface area contributed by atoms with Crippen LogP contribution in [0.4, 0.5) is 5.69 Å². The van der Waals surface area contributed by atoms with Gasteiger partial charge in [0, 0.05) is 25.6 Å². The summed E-state index contributed by atoms with van der Waals surface area (Å²) in [6, 6.07) is 14.6. The molecule has 0 aromatic heterocycles. The van der Waals surface area contributed by atoms with Crippen LogP contribution in [-0.4, -0.2) is 50.0 Å². The zero-order valence-corrected chi connectivity index (χ0v) is 23.3. The summed E-state index contributed by atoms with van der Waals surface area (Å²) in [6.45, 7) is 10.3. The molecule has 0 unspecified atom stereocenters. The maximum atomic E-state index is 13.5. The Balaban J connectivity index is 2.23. The zero-order valence-electron chi connectivity index (χ0n) is 22.5. The second-order valence-electron chi connectivity index (χ2n) is 9.53. The highest BCUT2D eigenvalue weighted by atomic mass is 32.2. The molecule has 0 fully saturated rings. The highest BCUT2D eigenvalue weighted by Gasteiger charge is 2.29. The lowest BCUT2D eigenvalue weighted by molar-refractivity contribution is -0.141. The van der Waals surface area contributed by atoms with Gasteiger partial charge in [0.15, 0.2) is 0 Å². The predicted molar refractivity (Wildman–Crippen MR) is 146 cm³/mol. The third-order valence-electron chi connectivity index (χ3n) is 6.26. The van der Waals surface area contributed by atoms with E-state index in [1.54, 1.807) is 11.0 Å². The van der Waals surface area contributed by atoms with Gasteiger partial charge in [-0.2, -0.15) is 0 Å². The summed E-state index contributed by atoms with van der Waals surface area (Å²) in [4.78, 5) is 28.2. The molecule has 0 heterocycles. The summed E-state index contributed by atoms with van der Waals surface area (Å²) >= 11 is 0. The van der Waals surface area contributed by atoms with Gasteiger partial charge >= 0.3 is 0 Å². The number of carbonyl (C=O) groups excluding carboxylic acids is 2. The van der Waals surface area contributed by atoms with Gasteiger partial charge in [0.1, 0.15) is 6.04 Å². The number of carbonyl (C=O) groups is 2. The van der Waals surface area contributed by atoms with Crippen molar-refractivity contribution in [2.75, 3.05) is 17.1 Å². The SMILES string of the molecule is CC[C@@H](C)NC(=O)[C@H](CC)N(Cc1cccc(C)c1)C(=O)CCCN(c1cccc(C)c1)S(C)(=O)=O. The third-order valence-corrected chi connectivity index (χ3v) is 7.46. The summed E-state index contributed by atoms with van der Waals surface area (Å²) in [6.07, 6.45) is 2.94. The van der Waals surface area contributed by atoms with Gasteiger partial charge in [-0.15, -0.1) is 0 Å². The highest BCUT2D eigenvalue weighted by molar-refractivity contribution is 7.92. The number of amides is 2. The number of aryl methyl sites for hydroxylation is 2. The van der Waals surface area contributed by atoms with Crippen LogP contribution in [-0.2, 0) is 26.2 Å². The number of rotatable bonds is 13. The first-order valence-corrected chi connectivity index (χ1v) is 14.5. The molecule has 36 heavy (non-hydrogen) atoms. The van der Waals surface area contributed by atoms with Crippen molar-refractivity contribution < 1.29 is 18.0 Å². The maximum absolute atomic E-state index is 13.5. The number of nitrogens with one attached hydrogen (secondary N) is 1. The molecule has 198 valence electrons. The van der Waals surface area contributed by atoms with Crippen LogP contribution in [0.15, 0.2) is 48.5 Å². The fraction of sp³-hybridized carbons (Fsp3) is 0.500. The Hall–Kier alpha value is -2.87. The van der Waals surface area contributed by atoms with E-state index >= 15 is 0 Å². The Morgan fingerprint density at radius 2 is 1.61 bits per heavy atom. The molecular formula is C28H41N3O4S. The molecular weight excluding hydrogens is 474 g/mol. The Morgan fingerprint density at radius 1 is 0.972 bits per heavy atom. The van der Waals surface area contributed by atoms with Crippen molar-refractivity contribution in [1.29, 1.82) is 0 Å². The molecule has 2 amide bonds. The molecule has 0 aliphatic carbocycles. The number of sulfonamides is 1. The zero-order chi connectivity index (χ0) is 26.9. The molecule has 0 aliphatic heterocycles. The molecule has 1 N–H and O–H groups in total. The van der Waals surface area contributed by atoms with Gasteiger partial charge in [0.25, 0.3) is 0 Å². The first-order chi connectivity index (χ1) is 17.0. The minimum atomic E-state index is -3.51. The van der Waals surface area contributed by atoms with Crippen LogP contribution >= 0.6 is 0 Å². The van der Waals surface area contributed by atoms with Gasteiger partial charge < -0.3 is 10.2 Å². The minimum absolute atomic E-state index is 0.0140. The molecule has 2 atom stereocenters. The average Bonchev–Trinajstić information content (AvgIpc) is 2.80. The number of nitrogens with zero attached hydrogens (tertiary/aromatic N) is 2. The summed E-state index contributed by atoms with van der Waals surface area (Å²) in [5, 5.41) is 3.01. The van der Waals surface area contributed by atoms with Crippen LogP contribution in [0, 0.1) is 13.8 Å². The van der Waals surface area contributed by atoms with Gasteiger partial charge in [-0.05, 0) is 63.3 Å². The number of anilines is 1. The summed E-state index contributed by atoms with van der Waals surface area (Å²) in [5.41, 5.74) is 3.58. The second kappa shape index (κ2) is 13.4. The summed E-state index contributed by atoms with van der Waals surface area (Å²) in [7, 11) is -3.51. The molecule has 0 bridgehead atoms. The number of hydrogen-bond donors (Lipinski definition) is 1. The van der Waals surface area contributed by atoms with Crippen LogP contribution < -0.4 is 9.62 Å². The van der Waals surface area contributed by atoms with Crippen LogP contribution in [0.1, 0.15) is 63.1 Å². The number of hydrogen-bond acceptors (Lipinski definition) is 4. The molecule has 2 aromatic rings. The van der Waals surface area contributed by atoms with E-state index in [1.807, 2.05) is 77.1 Å². The average molecular weight is 516 g/mol. The van der Waals surface area contributed by atoms with Crippen LogP contribution in [0.5, 0.6) is 0 Å². The van der Waals surface area contributed by atoms with Crippen molar-refractivity contribution in [3.63, 3.8) is 0 Å². The minimum Gasteiger partial charge on any atom is -0.352 e. The molecule has 0 radical (unpaired) electrons. The van der Waals surface area contributed by atoms with E-state index in [9.17, 15) is 18.0 Å². The Labute approximate surface area is 216 Å². The van der Waals surface area contributed by atoms with Crippen LogP contribution in [0.2, 0.25) is 0 Å². The standard InChI is InChI=1S/C28H41N3O4S/c1-7-23(5)29-28(33)26(8-2)30(20-24-14-9-12-21(3)18-24)27(32)16-11-17-31(36(6,34)35)25-15-10-13-22(4)19-25/h9-10,12-15,18-19,23,26H,7-8,11,16-17,20H2,1-6H3,(H,29,33)/t23-,26+/m1/s1. The van der Waals surface area contributed by atoms with E-state index in [2.05, 4.69) is 5.32 Å². The fourth-order valence-corrected chi connectivity index (χ4v) is 5.11. The van der Waals surface area contributed by atoms with Crippen molar-refractivity contribution in [3.05, 3.63) is 65.2 Å². The maximum Gasteiger partial charge on any atom is 0.243 e. The molecule has 0 aliphatic rings. The van der Waals surface area contributed by atoms with Gasteiger partial charge in [-0.1, -0.05) is 55.8 Å². The van der Waals surface area contributed by atoms with Gasteiger partial charge in [0.05, 0.1) is 11.9 Å². The molecule has 7 nitrogen and oxygen atoms in total. The molecule has 0 saturated heterocycles. The Morgan fingerprint density at radius 3 is 2.17 bits per heavy atom. The van der Waals surface area contributed by atoms with Gasteiger partial charge in [0.2, 0.25) is 21.8 Å². The van der Waals surface area contributed by atoms with E-state index in [4.69, 9.17) is 0 Å². The number of benzene rings is 2. The second-order valence-corrected chi connectivity index (χ2v) is 11.4. The van der Waals surface area contributed by atoms with Crippen molar-refractivity contribution in [1.82, 2.24) is 10.2 Å². The molecule has 0 spiro atoms. The lowest BCUT2D eigenvalue weighted by Gasteiger charge is -2.32. The van der Waals surface area contributed by atoms with E-state index in [-0.39, 0.29) is 30.8 Å². The summed E-state index contributed by atoms with van der Waals surface area (Å²) < 4.78 is 26.3. The smallest absolute Gasteiger partial charge is 0.243 e. The lowest BCUT2D eigenvalue weighted by Crippen LogP contribution is -2.50. The van der Waals surface area contributed by atoms with Crippen molar-refractivity contribution in [3.8, 4) is 0 Å². The van der Waals surface area contributed by atoms with Gasteiger partial charge in [-0.3, -0.25) is 13.9 Å². The highest BCUT2D eigenvalue weighted by Crippen LogP contribution is 2.21. The lowest BCUT2D eigenvalue weighted by atomic mass is 10.1. The van der Waals surface area contributed by atoms with Crippen molar-refractivity contribution in [2.45, 2.75) is 78.9 Å². The quantitative estimate of drug-likeness (QED) is 0.423. The Kier molecular flexibility index (Phi) is 11.0. The summed E-state index contributed by atoms with van der Waals surface area (Å²) in [5.74, 6) is -0.328. The molecule has 2 aromatic carbocycles.